The molecular weight excluding hydrogens is 289 g/mol. The summed E-state index contributed by atoms with van der Waals surface area (Å²) in [6.07, 6.45) is 0.109. The van der Waals surface area contributed by atoms with E-state index in [2.05, 4.69) is 4.98 Å². The van der Waals surface area contributed by atoms with E-state index >= 15 is 0 Å². The van der Waals surface area contributed by atoms with Gasteiger partial charge in [-0.2, -0.15) is 5.26 Å². The maximum absolute atomic E-state index is 12.5. The Morgan fingerprint density at radius 3 is 2.77 bits per heavy atom. The van der Waals surface area contributed by atoms with Gasteiger partial charge in [-0.3, -0.25) is 4.98 Å². The predicted molar refractivity (Wildman–Crippen MR) is 51.2 cm³/mol. The highest BCUT2D eigenvalue weighted by molar-refractivity contribution is 14.1. The van der Waals surface area contributed by atoms with Crippen LogP contribution in [0.5, 0.6) is 0 Å². The van der Waals surface area contributed by atoms with Gasteiger partial charge in [0.1, 0.15) is 0 Å². The molecule has 0 unspecified atom stereocenters. The molecule has 0 saturated carbocycles. The molecule has 0 saturated heterocycles. The minimum absolute atomic E-state index is 0.0243. The highest BCUT2D eigenvalue weighted by atomic mass is 127. The second-order valence-corrected chi connectivity index (χ2v) is 3.49. The zero-order chi connectivity index (χ0) is 9.84. The molecule has 1 rings (SSSR count). The molecule has 0 aliphatic carbocycles. The Bertz CT molecular complexity index is 346. The molecule has 13 heavy (non-hydrogen) atoms. The van der Waals surface area contributed by atoms with Crippen molar-refractivity contribution >= 4 is 22.6 Å². The monoisotopic (exact) mass is 294 g/mol. The number of alkyl halides is 2. The van der Waals surface area contributed by atoms with Crippen molar-refractivity contribution < 1.29 is 8.78 Å². The molecule has 0 radical (unpaired) electrons. The maximum Gasteiger partial charge on any atom is 0.265 e. The van der Waals surface area contributed by atoms with Crippen LogP contribution in [-0.2, 0) is 6.42 Å². The Labute approximate surface area is 87.7 Å². The molecule has 0 amide bonds. The van der Waals surface area contributed by atoms with Crippen molar-refractivity contribution in [3.63, 3.8) is 0 Å². The number of nitriles is 1. The van der Waals surface area contributed by atoms with Crippen molar-refractivity contribution in [1.29, 1.82) is 5.26 Å². The molecule has 0 bridgehead atoms. The molecule has 0 aromatic carbocycles. The van der Waals surface area contributed by atoms with E-state index < -0.39 is 6.43 Å². The third-order valence-electron chi connectivity index (χ3n) is 1.51. The third-order valence-corrected chi connectivity index (χ3v) is 2.37. The Balaban J connectivity index is 3.19. The van der Waals surface area contributed by atoms with E-state index in [1.165, 1.54) is 12.4 Å². The first-order chi connectivity index (χ1) is 6.16. The molecule has 2 nitrogen and oxygen atoms in total. The average molecular weight is 294 g/mol. The number of halogens is 3. The van der Waals surface area contributed by atoms with Crippen molar-refractivity contribution in [2.45, 2.75) is 12.8 Å². The van der Waals surface area contributed by atoms with Crippen LogP contribution in [0.2, 0.25) is 0 Å². The summed E-state index contributed by atoms with van der Waals surface area (Å²) in [6, 6.07) is 1.83. The molecule has 0 atom stereocenters. The number of nitrogens with zero attached hydrogens (tertiary/aromatic N) is 2. The first kappa shape index (κ1) is 10.3. The van der Waals surface area contributed by atoms with Crippen molar-refractivity contribution in [3.05, 3.63) is 27.1 Å². The van der Waals surface area contributed by atoms with Crippen LogP contribution in [0.1, 0.15) is 17.6 Å². The summed E-state index contributed by atoms with van der Waals surface area (Å²) in [5, 5.41) is 8.39. The van der Waals surface area contributed by atoms with Gasteiger partial charge < -0.3 is 0 Å². The largest absolute Gasteiger partial charge is 0.265 e. The van der Waals surface area contributed by atoms with Gasteiger partial charge in [0.2, 0.25) is 0 Å². The fourth-order valence-corrected chi connectivity index (χ4v) is 1.70. The van der Waals surface area contributed by atoms with Crippen LogP contribution in [0.15, 0.2) is 12.4 Å². The van der Waals surface area contributed by atoms with Gasteiger partial charge in [-0.1, -0.05) is 0 Å². The van der Waals surface area contributed by atoms with Crippen LogP contribution < -0.4 is 0 Å². The molecule has 0 aliphatic rings. The molecule has 1 heterocycles. The second kappa shape index (κ2) is 4.46. The van der Waals surface area contributed by atoms with Crippen LogP contribution in [0.3, 0.4) is 0 Å². The fraction of sp³-hybridized carbons (Fsp3) is 0.250. The molecular formula is C8H5F2IN2. The van der Waals surface area contributed by atoms with Crippen molar-refractivity contribution in [2.24, 2.45) is 0 Å². The van der Waals surface area contributed by atoms with Gasteiger partial charge in [0.05, 0.1) is 12.5 Å². The summed E-state index contributed by atoms with van der Waals surface area (Å²) in [5.74, 6) is 0. The van der Waals surface area contributed by atoms with Crippen LogP contribution in [0, 0.1) is 14.9 Å². The van der Waals surface area contributed by atoms with Crippen LogP contribution in [0.4, 0.5) is 8.78 Å². The van der Waals surface area contributed by atoms with Gasteiger partial charge in [-0.25, -0.2) is 8.78 Å². The Morgan fingerprint density at radius 1 is 1.54 bits per heavy atom. The molecule has 1 aromatic heterocycles. The molecule has 0 spiro atoms. The normalized spacial score (nSPS) is 10.1. The van der Waals surface area contributed by atoms with Gasteiger partial charge in [-0.15, -0.1) is 0 Å². The number of hydrogen-bond donors (Lipinski definition) is 0. The van der Waals surface area contributed by atoms with E-state index in [-0.39, 0.29) is 12.0 Å². The zero-order valence-electron chi connectivity index (χ0n) is 6.47. The fourth-order valence-electron chi connectivity index (χ4n) is 0.956. The molecule has 0 N–H and O–H groups in total. The van der Waals surface area contributed by atoms with Crippen molar-refractivity contribution in [2.75, 3.05) is 0 Å². The van der Waals surface area contributed by atoms with Crippen LogP contribution in [0.25, 0.3) is 0 Å². The third kappa shape index (κ3) is 2.34. The van der Waals surface area contributed by atoms with Gasteiger partial charge in [-0.05, 0) is 28.2 Å². The molecule has 68 valence electrons. The van der Waals surface area contributed by atoms with Gasteiger partial charge >= 0.3 is 0 Å². The summed E-state index contributed by atoms with van der Waals surface area (Å²) in [7, 11) is 0. The highest BCUT2D eigenvalue weighted by Gasteiger charge is 2.16. The minimum Gasteiger partial charge on any atom is -0.263 e. The lowest BCUT2D eigenvalue weighted by Crippen LogP contribution is -1.98. The number of hydrogen-bond acceptors (Lipinski definition) is 2. The van der Waals surface area contributed by atoms with Gasteiger partial charge in [0, 0.05) is 21.5 Å². The van der Waals surface area contributed by atoms with Crippen LogP contribution in [-0.4, -0.2) is 4.98 Å². The van der Waals surface area contributed by atoms with E-state index in [0.29, 0.717) is 9.13 Å². The van der Waals surface area contributed by atoms with Crippen LogP contribution >= 0.6 is 22.6 Å². The molecule has 5 heteroatoms. The van der Waals surface area contributed by atoms with E-state index in [1.807, 2.05) is 6.07 Å². The average Bonchev–Trinajstić information content (AvgIpc) is 2.04. The lowest BCUT2D eigenvalue weighted by molar-refractivity contribution is 0.149. The highest BCUT2D eigenvalue weighted by Crippen LogP contribution is 2.27. The first-order valence-corrected chi connectivity index (χ1v) is 4.52. The predicted octanol–water partition coefficient (Wildman–Crippen LogP) is 2.69. The van der Waals surface area contributed by atoms with E-state index in [0.717, 1.165) is 0 Å². The Hall–Kier alpha value is -0.770. The maximum atomic E-state index is 12.5. The summed E-state index contributed by atoms with van der Waals surface area (Å²) >= 11 is 1.79. The molecule has 0 fully saturated rings. The quantitative estimate of drug-likeness (QED) is 0.786. The number of rotatable bonds is 2. The number of aromatic nitrogens is 1. The molecule has 0 aliphatic heterocycles. The summed E-state index contributed by atoms with van der Waals surface area (Å²) in [4.78, 5) is 3.75. The van der Waals surface area contributed by atoms with Crippen molar-refractivity contribution in [3.8, 4) is 6.07 Å². The topological polar surface area (TPSA) is 36.7 Å². The van der Waals surface area contributed by atoms with E-state index in [4.69, 9.17) is 5.26 Å². The standard InChI is InChI=1S/C8H5F2IN2/c9-8(10)7-5(1-2-12)3-13-4-6(7)11/h3-4,8H,1H2. The Kier molecular flexibility index (Phi) is 3.54. The summed E-state index contributed by atoms with van der Waals surface area (Å²) < 4.78 is 25.3. The number of pyridine rings is 1. The smallest absolute Gasteiger partial charge is 0.263 e. The zero-order valence-corrected chi connectivity index (χ0v) is 8.62. The van der Waals surface area contributed by atoms with Gasteiger partial charge in [0.25, 0.3) is 6.43 Å². The van der Waals surface area contributed by atoms with E-state index in [1.54, 1.807) is 22.6 Å². The van der Waals surface area contributed by atoms with E-state index in [9.17, 15) is 8.78 Å². The van der Waals surface area contributed by atoms with Crippen molar-refractivity contribution in [1.82, 2.24) is 4.98 Å². The Morgan fingerprint density at radius 2 is 2.23 bits per heavy atom. The van der Waals surface area contributed by atoms with Gasteiger partial charge in [0.15, 0.2) is 0 Å². The first-order valence-electron chi connectivity index (χ1n) is 3.44. The minimum atomic E-state index is -2.54. The molecule has 1 aromatic rings. The summed E-state index contributed by atoms with van der Waals surface area (Å²) in [5.41, 5.74) is 0.238. The second-order valence-electron chi connectivity index (χ2n) is 2.33. The lowest BCUT2D eigenvalue weighted by Gasteiger charge is -2.06. The SMILES string of the molecule is N#CCc1cncc(I)c1C(F)F. The lowest BCUT2D eigenvalue weighted by atomic mass is 10.1. The summed E-state index contributed by atoms with van der Waals surface area (Å²) in [6.45, 7) is 0.